The summed E-state index contributed by atoms with van der Waals surface area (Å²) in [5, 5.41) is 7.01. The molecule has 0 bridgehead atoms. The van der Waals surface area contributed by atoms with Crippen LogP contribution in [-0.2, 0) is 6.54 Å². The molecule has 0 saturated heterocycles. The molecule has 1 amide bonds. The van der Waals surface area contributed by atoms with E-state index >= 15 is 0 Å². The molecule has 0 aliphatic carbocycles. The van der Waals surface area contributed by atoms with Crippen molar-refractivity contribution in [2.45, 2.75) is 33.4 Å². The van der Waals surface area contributed by atoms with Gasteiger partial charge in [-0.15, -0.1) is 0 Å². The number of hydrogen-bond acceptors (Lipinski definition) is 5. The van der Waals surface area contributed by atoms with Crippen molar-refractivity contribution in [3.8, 4) is 11.4 Å². The number of rotatable bonds is 5. The number of aryl methyl sites for hydroxylation is 1. The predicted octanol–water partition coefficient (Wildman–Crippen LogP) is 1.85. The van der Waals surface area contributed by atoms with E-state index in [1.165, 1.54) is 12.4 Å². The minimum absolute atomic E-state index is 0.162. The van der Waals surface area contributed by atoms with E-state index in [2.05, 4.69) is 25.4 Å². The van der Waals surface area contributed by atoms with Gasteiger partial charge in [-0.3, -0.25) is 9.59 Å². The average Bonchev–Trinajstić information content (AvgIpc) is 3.09. The van der Waals surface area contributed by atoms with E-state index in [0.717, 1.165) is 5.56 Å². The summed E-state index contributed by atoms with van der Waals surface area (Å²) in [5.74, 6) is 0.973. The Bertz CT molecular complexity index is 989. The summed E-state index contributed by atoms with van der Waals surface area (Å²) in [6.07, 6.45) is 1.50. The van der Waals surface area contributed by atoms with Crippen molar-refractivity contribution in [1.29, 1.82) is 0 Å². The molecule has 2 heterocycles. The first-order valence-corrected chi connectivity index (χ1v) is 8.29. The van der Waals surface area contributed by atoms with Gasteiger partial charge in [-0.1, -0.05) is 12.1 Å². The second kappa shape index (κ2) is 7.30. The number of benzene rings is 1. The summed E-state index contributed by atoms with van der Waals surface area (Å²) in [7, 11) is 0. The molecule has 3 aromatic rings. The van der Waals surface area contributed by atoms with E-state index in [4.69, 9.17) is 0 Å². The molecular formula is C18H20N6O2. The third-order valence-electron chi connectivity index (χ3n) is 3.79. The molecule has 0 aliphatic heterocycles. The number of amides is 1. The number of aromatic amines is 1. The molecule has 8 heteroatoms. The van der Waals surface area contributed by atoms with Crippen LogP contribution in [0.5, 0.6) is 0 Å². The van der Waals surface area contributed by atoms with Gasteiger partial charge in [0.05, 0.1) is 12.2 Å². The highest BCUT2D eigenvalue weighted by atomic mass is 16.1. The highest BCUT2D eigenvalue weighted by Crippen LogP contribution is 2.20. The predicted molar refractivity (Wildman–Crippen MR) is 96.6 cm³/mol. The van der Waals surface area contributed by atoms with Gasteiger partial charge >= 0.3 is 0 Å². The van der Waals surface area contributed by atoms with Crippen molar-refractivity contribution < 1.29 is 4.79 Å². The summed E-state index contributed by atoms with van der Waals surface area (Å²) in [6, 6.07) is 8.73. The monoisotopic (exact) mass is 352 g/mol. The van der Waals surface area contributed by atoms with Gasteiger partial charge in [0, 0.05) is 23.2 Å². The minimum atomic E-state index is -0.248. The number of H-pyrrole nitrogens is 1. The number of hydrogen-bond donors (Lipinski definition) is 2. The molecule has 0 radical (unpaired) electrons. The van der Waals surface area contributed by atoms with Crippen molar-refractivity contribution >= 4 is 5.91 Å². The van der Waals surface area contributed by atoms with Crippen LogP contribution < -0.4 is 10.9 Å². The van der Waals surface area contributed by atoms with Gasteiger partial charge in [0.1, 0.15) is 12.2 Å². The zero-order valence-electron chi connectivity index (χ0n) is 14.9. The lowest BCUT2D eigenvalue weighted by Gasteiger charge is -2.10. The number of carbonyl (C=O) groups excluding carboxylic acids is 1. The van der Waals surface area contributed by atoms with Crippen molar-refractivity contribution in [2.24, 2.45) is 0 Å². The van der Waals surface area contributed by atoms with Crippen LogP contribution in [0.15, 0.2) is 41.5 Å². The minimum Gasteiger partial charge on any atom is -0.346 e. The Morgan fingerprint density at radius 2 is 2.12 bits per heavy atom. The van der Waals surface area contributed by atoms with Crippen LogP contribution in [0.25, 0.3) is 11.4 Å². The van der Waals surface area contributed by atoms with Crippen LogP contribution >= 0.6 is 0 Å². The molecule has 134 valence electrons. The average molecular weight is 352 g/mol. The Morgan fingerprint density at radius 1 is 1.31 bits per heavy atom. The van der Waals surface area contributed by atoms with Crippen LogP contribution in [0, 0.1) is 6.92 Å². The summed E-state index contributed by atoms with van der Waals surface area (Å²) in [4.78, 5) is 35.0. The van der Waals surface area contributed by atoms with Gasteiger partial charge in [0.25, 0.3) is 11.5 Å². The van der Waals surface area contributed by atoms with Gasteiger partial charge < -0.3 is 10.3 Å². The zero-order chi connectivity index (χ0) is 18.7. The molecule has 3 rings (SSSR count). The number of aromatic nitrogens is 5. The molecule has 26 heavy (non-hydrogen) atoms. The molecule has 2 aromatic heterocycles. The molecule has 0 atom stereocenters. The maximum atomic E-state index is 12.5. The quantitative estimate of drug-likeness (QED) is 0.729. The lowest BCUT2D eigenvalue weighted by atomic mass is 10.1. The fourth-order valence-electron chi connectivity index (χ4n) is 2.64. The Hall–Kier alpha value is -3.29. The summed E-state index contributed by atoms with van der Waals surface area (Å²) >= 11 is 0. The Labute approximate surface area is 150 Å². The highest BCUT2D eigenvalue weighted by molar-refractivity contribution is 5.95. The normalized spacial score (nSPS) is 10.9. The van der Waals surface area contributed by atoms with Gasteiger partial charge in [0.2, 0.25) is 0 Å². The lowest BCUT2D eigenvalue weighted by Crippen LogP contribution is -2.24. The van der Waals surface area contributed by atoms with Gasteiger partial charge in [-0.05, 0) is 32.9 Å². The summed E-state index contributed by atoms with van der Waals surface area (Å²) < 4.78 is 1.81. The van der Waals surface area contributed by atoms with Crippen molar-refractivity contribution in [3.63, 3.8) is 0 Å². The van der Waals surface area contributed by atoms with E-state index in [-0.39, 0.29) is 24.1 Å². The molecule has 0 unspecified atom stereocenters. The van der Waals surface area contributed by atoms with Crippen LogP contribution in [0.1, 0.15) is 41.8 Å². The Balaban J connectivity index is 1.78. The fourth-order valence-corrected chi connectivity index (χ4v) is 2.64. The van der Waals surface area contributed by atoms with Crippen molar-refractivity contribution in [2.75, 3.05) is 0 Å². The van der Waals surface area contributed by atoms with Crippen LogP contribution in [0.4, 0.5) is 0 Å². The second-order valence-electron chi connectivity index (χ2n) is 6.21. The van der Waals surface area contributed by atoms with E-state index in [1.54, 1.807) is 29.8 Å². The van der Waals surface area contributed by atoms with E-state index < -0.39 is 0 Å². The number of carbonyl (C=O) groups is 1. The molecule has 8 nitrogen and oxygen atoms in total. The summed E-state index contributed by atoms with van der Waals surface area (Å²) in [6.45, 7) is 5.91. The van der Waals surface area contributed by atoms with E-state index in [9.17, 15) is 9.59 Å². The van der Waals surface area contributed by atoms with Crippen molar-refractivity contribution in [3.05, 3.63) is 64.1 Å². The van der Waals surface area contributed by atoms with Gasteiger partial charge in [-0.25, -0.2) is 14.6 Å². The molecule has 2 N–H and O–H groups in total. The molecule has 0 aliphatic rings. The molecule has 0 saturated carbocycles. The molecule has 0 spiro atoms. The zero-order valence-corrected chi connectivity index (χ0v) is 14.9. The Kier molecular flexibility index (Phi) is 4.92. The smallest absolute Gasteiger partial charge is 0.251 e. The molecule has 0 fully saturated rings. The topological polar surface area (TPSA) is 106 Å². The fraction of sp³-hybridized carbons (Fsp3) is 0.278. The van der Waals surface area contributed by atoms with Gasteiger partial charge in [0.15, 0.2) is 5.82 Å². The summed E-state index contributed by atoms with van der Waals surface area (Å²) in [5.41, 5.74) is 1.59. The first-order chi connectivity index (χ1) is 12.4. The third kappa shape index (κ3) is 3.85. The lowest BCUT2D eigenvalue weighted by molar-refractivity contribution is 0.0950. The van der Waals surface area contributed by atoms with Crippen LogP contribution in [0.2, 0.25) is 0 Å². The van der Waals surface area contributed by atoms with Crippen LogP contribution in [0.3, 0.4) is 0 Å². The maximum Gasteiger partial charge on any atom is 0.251 e. The van der Waals surface area contributed by atoms with Crippen LogP contribution in [-0.4, -0.2) is 30.6 Å². The molecular weight excluding hydrogens is 332 g/mol. The SMILES string of the molecule is Cc1nc(CNC(=O)c2cccc(-c3ncnn3C(C)C)c2)cc(=O)[nH]1. The second-order valence-corrected chi connectivity index (χ2v) is 6.21. The first-order valence-electron chi connectivity index (χ1n) is 8.29. The number of nitrogens with zero attached hydrogens (tertiary/aromatic N) is 4. The highest BCUT2D eigenvalue weighted by Gasteiger charge is 2.13. The first kappa shape index (κ1) is 17.5. The standard InChI is InChI=1S/C18H20N6O2/c1-11(2)24-17(20-10-21-24)13-5-4-6-14(7-13)18(26)19-9-15-8-16(25)23-12(3)22-15/h4-8,10-11H,9H2,1-3H3,(H,19,26)(H,22,23,25). The number of nitrogens with one attached hydrogen (secondary N) is 2. The molecule has 1 aromatic carbocycles. The van der Waals surface area contributed by atoms with E-state index in [0.29, 0.717) is 22.9 Å². The van der Waals surface area contributed by atoms with Gasteiger partial charge in [-0.2, -0.15) is 5.10 Å². The largest absolute Gasteiger partial charge is 0.346 e. The van der Waals surface area contributed by atoms with Crippen molar-refractivity contribution in [1.82, 2.24) is 30.0 Å². The third-order valence-corrected chi connectivity index (χ3v) is 3.79. The maximum absolute atomic E-state index is 12.5. The Morgan fingerprint density at radius 3 is 2.85 bits per heavy atom. The van der Waals surface area contributed by atoms with E-state index in [1.807, 2.05) is 19.9 Å².